The highest BCUT2D eigenvalue weighted by Crippen LogP contribution is 2.27. The summed E-state index contributed by atoms with van der Waals surface area (Å²) in [5.74, 6) is 0.585. The van der Waals surface area contributed by atoms with Gasteiger partial charge >= 0.3 is 0 Å². The highest BCUT2D eigenvalue weighted by Gasteiger charge is 2.25. The number of hydrogen-bond donors (Lipinski definition) is 1. The lowest BCUT2D eigenvalue weighted by Crippen LogP contribution is -2.38. The van der Waals surface area contributed by atoms with Crippen LogP contribution >= 0.6 is 45.5 Å². The number of alkyl halides is 1. The monoisotopic (exact) mass is 385 g/mol. The minimum absolute atomic E-state index is 0.000516. The maximum Gasteiger partial charge on any atom is 0.252 e. The molecule has 1 rings (SSSR count). The largest absolute Gasteiger partial charge is 0.351 e. The lowest BCUT2D eigenvalue weighted by molar-refractivity contribution is 0.0932. The van der Waals surface area contributed by atoms with Crippen LogP contribution in [0.15, 0.2) is 11.4 Å². The number of thiophene rings is 1. The van der Waals surface area contributed by atoms with Gasteiger partial charge in [-0.2, -0.15) is 0 Å². The van der Waals surface area contributed by atoms with Crippen molar-refractivity contribution in [1.29, 1.82) is 0 Å². The van der Waals surface area contributed by atoms with Crippen molar-refractivity contribution in [1.82, 2.24) is 5.32 Å². The van der Waals surface area contributed by atoms with Crippen molar-refractivity contribution < 1.29 is 4.79 Å². The van der Waals surface area contributed by atoms with E-state index in [2.05, 4.69) is 41.8 Å². The topological polar surface area (TPSA) is 29.1 Å². The SMILES string of the molecule is CCC(CC)(CCl)CNC(=O)c1csc(I)c1. The highest BCUT2D eigenvalue weighted by atomic mass is 127. The summed E-state index contributed by atoms with van der Waals surface area (Å²) >= 11 is 9.81. The molecule has 5 heteroatoms. The fourth-order valence-corrected chi connectivity index (χ4v) is 3.33. The van der Waals surface area contributed by atoms with Gasteiger partial charge < -0.3 is 5.32 Å². The Kier molecular flexibility index (Phi) is 6.23. The van der Waals surface area contributed by atoms with E-state index >= 15 is 0 Å². The first-order valence-electron chi connectivity index (χ1n) is 5.65. The Labute approximate surface area is 125 Å². The van der Waals surface area contributed by atoms with Crippen LogP contribution in [0.5, 0.6) is 0 Å². The molecule has 17 heavy (non-hydrogen) atoms. The third kappa shape index (κ3) is 4.10. The Morgan fingerprint density at radius 1 is 1.53 bits per heavy atom. The molecule has 1 heterocycles. The van der Waals surface area contributed by atoms with Gasteiger partial charge in [0.05, 0.1) is 8.45 Å². The number of carbonyl (C=O) groups excluding carboxylic acids is 1. The number of hydrogen-bond acceptors (Lipinski definition) is 2. The predicted octanol–water partition coefficient (Wildman–Crippen LogP) is 4.13. The van der Waals surface area contributed by atoms with Gasteiger partial charge in [0, 0.05) is 23.2 Å². The predicted molar refractivity (Wildman–Crippen MR) is 83.1 cm³/mol. The molecule has 0 radical (unpaired) electrons. The first kappa shape index (κ1) is 15.2. The molecule has 1 aromatic heterocycles. The van der Waals surface area contributed by atoms with Crippen LogP contribution in [0, 0.1) is 8.30 Å². The summed E-state index contributed by atoms with van der Waals surface area (Å²) < 4.78 is 1.13. The second kappa shape index (κ2) is 6.95. The molecule has 0 saturated carbocycles. The second-order valence-electron chi connectivity index (χ2n) is 4.16. The molecule has 0 spiro atoms. The van der Waals surface area contributed by atoms with Gasteiger partial charge in [-0.25, -0.2) is 0 Å². The molecule has 0 fully saturated rings. The smallest absolute Gasteiger partial charge is 0.252 e. The molecule has 0 unspecified atom stereocenters. The van der Waals surface area contributed by atoms with Gasteiger partial charge in [-0.05, 0) is 41.5 Å². The van der Waals surface area contributed by atoms with Crippen molar-refractivity contribution in [2.24, 2.45) is 5.41 Å². The molecule has 1 aromatic rings. The molecule has 0 saturated heterocycles. The Balaban J connectivity index is 2.58. The molecule has 0 aromatic carbocycles. The first-order chi connectivity index (χ1) is 8.06. The number of rotatable bonds is 6. The normalized spacial score (nSPS) is 11.5. The van der Waals surface area contributed by atoms with Crippen molar-refractivity contribution in [3.8, 4) is 0 Å². The summed E-state index contributed by atoms with van der Waals surface area (Å²) in [4.78, 5) is 11.9. The van der Waals surface area contributed by atoms with E-state index in [4.69, 9.17) is 11.6 Å². The minimum atomic E-state index is 0.000516. The molecule has 0 atom stereocenters. The summed E-state index contributed by atoms with van der Waals surface area (Å²) in [6, 6.07) is 1.90. The lowest BCUT2D eigenvalue weighted by atomic mass is 9.84. The van der Waals surface area contributed by atoms with Gasteiger partial charge in [-0.1, -0.05) is 13.8 Å². The van der Waals surface area contributed by atoms with Gasteiger partial charge in [-0.15, -0.1) is 22.9 Å². The molecule has 0 bridgehead atoms. The van der Waals surface area contributed by atoms with E-state index in [1.165, 1.54) is 0 Å². The lowest BCUT2D eigenvalue weighted by Gasteiger charge is -2.29. The van der Waals surface area contributed by atoms with E-state index in [0.717, 1.165) is 21.3 Å². The third-order valence-electron chi connectivity index (χ3n) is 3.24. The Hall–Kier alpha value is 0.190. The Morgan fingerprint density at radius 2 is 2.18 bits per heavy atom. The van der Waals surface area contributed by atoms with Gasteiger partial charge in [-0.3, -0.25) is 4.79 Å². The standard InChI is InChI=1S/C12H17ClINOS/c1-3-12(4-2,7-13)8-15-11(16)9-5-10(14)17-6-9/h5-6H,3-4,7-8H2,1-2H3,(H,15,16). The van der Waals surface area contributed by atoms with Gasteiger partial charge in [0.2, 0.25) is 0 Å². The fraction of sp³-hybridized carbons (Fsp3) is 0.583. The Morgan fingerprint density at radius 3 is 2.59 bits per heavy atom. The van der Waals surface area contributed by atoms with E-state index in [1.54, 1.807) is 11.3 Å². The average molecular weight is 386 g/mol. The van der Waals surface area contributed by atoms with E-state index in [9.17, 15) is 4.79 Å². The van der Waals surface area contributed by atoms with Crippen molar-refractivity contribution in [2.75, 3.05) is 12.4 Å². The zero-order valence-electron chi connectivity index (χ0n) is 10.1. The molecule has 0 aliphatic carbocycles. The van der Waals surface area contributed by atoms with Crippen LogP contribution in [0.25, 0.3) is 0 Å². The van der Waals surface area contributed by atoms with Crippen LogP contribution in [0.4, 0.5) is 0 Å². The fourth-order valence-electron chi connectivity index (χ4n) is 1.54. The highest BCUT2D eigenvalue weighted by molar-refractivity contribution is 14.1. The molecular weight excluding hydrogens is 369 g/mol. The maximum absolute atomic E-state index is 11.9. The van der Waals surface area contributed by atoms with Crippen LogP contribution < -0.4 is 5.32 Å². The number of halogens is 2. The third-order valence-corrected chi connectivity index (χ3v) is 5.59. The molecule has 1 N–H and O–H groups in total. The van der Waals surface area contributed by atoms with Gasteiger partial charge in [0.15, 0.2) is 0 Å². The zero-order chi connectivity index (χ0) is 12.9. The minimum Gasteiger partial charge on any atom is -0.351 e. The summed E-state index contributed by atoms with van der Waals surface area (Å²) in [6.45, 7) is 4.88. The van der Waals surface area contributed by atoms with Gasteiger partial charge in [0.1, 0.15) is 0 Å². The summed E-state index contributed by atoms with van der Waals surface area (Å²) in [7, 11) is 0. The average Bonchev–Trinajstić information content (AvgIpc) is 2.78. The maximum atomic E-state index is 11.9. The van der Waals surface area contributed by atoms with E-state index in [0.29, 0.717) is 12.4 Å². The van der Waals surface area contributed by atoms with Crippen LogP contribution in [-0.4, -0.2) is 18.3 Å². The summed E-state index contributed by atoms with van der Waals surface area (Å²) in [5.41, 5.74) is 0.774. The van der Waals surface area contributed by atoms with Crippen LogP contribution in [0.1, 0.15) is 37.0 Å². The van der Waals surface area contributed by atoms with E-state index in [-0.39, 0.29) is 11.3 Å². The number of nitrogens with one attached hydrogen (secondary N) is 1. The van der Waals surface area contributed by atoms with Crippen molar-refractivity contribution in [3.63, 3.8) is 0 Å². The van der Waals surface area contributed by atoms with Crippen molar-refractivity contribution >= 4 is 51.4 Å². The second-order valence-corrected chi connectivity index (χ2v) is 7.24. The molecule has 0 aliphatic heterocycles. The summed E-state index contributed by atoms with van der Waals surface area (Å²) in [5, 5.41) is 4.87. The summed E-state index contributed by atoms with van der Waals surface area (Å²) in [6.07, 6.45) is 1.96. The van der Waals surface area contributed by atoms with Gasteiger partial charge in [0.25, 0.3) is 5.91 Å². The molecule has 2 nitrogen and oxygen atoms in total. The molecular formula is C12H17ClINOS. The quantitative estimate of drug-likeness (QED) is 0.579. The number of carbonyl (C=O) groups is 1. The van der Waals surface area contributed by atoms with E-state index < -0.39 is 0 Å². The van der Waals surface area contributed by atoms with Crippen LogP contribution in [0.3, 0.4) is 0 Å². The van der Waals surface area contributed by atoms with Crippen molar-refractivity contribution in [2.45, 2.75) is 26.7 Å². The number of amides is 1. The molecule has 1 amide bonds. The van der Waals surface area contributed by atoms with Crippen molar-refractivity contribution in [3.05, 3.63) is 19.9 Å². The van der Waals surface area contributed by atoms with E-state index in [1.807, 2.05) is 11.4 Å². The van der Waals surface area contributed by atoms with Crippen LogP contribution in [-0.2, 0) is 0 Å². The zero-order valence-corrected chi connectivity index (χ0v) is 13.8. The van der Waals surface area contributed by atoms with Crippen LogP contribution in [0.2, 0.25) is 0 Å². The first-order valence-corrected chi connectivity index (χ1v) is 8.14. The Bertz CT molecular complexity index is 368. The molecule has 96 valence electrons. The molecule has 0 aliphatic rings.